The van der Waals surface area contributed by atoms with E-state index in [-0.39, 0.29) is 5.70 Å². The van der Waals surface area contributed by atoms with Crippen molar-refractivity contribution in [3.63, 3.8) is 0 Å². The summed E-state index contributed by atoms with van der Waals surface area (Å²) in [6, 6.07) is 0. The zero-order valence-electron chi connectivity index (χ0n) is 8.41. The van der Waals surface area contributed by atoms with E-state index < -0.39 is 24.4 Å². The second-order valence-electron chi connectivity index (χ2n) is 3.21. The topological polar surface area (TPSA) is 64.3 Å². The molecule has 1 aliphatic heterocycles. The summed E-state index contributed by atoms with van der Waals surface area (Å²) in [4.78, 5) is 10.8. The number of alkyl halides is 3. The highest BCUT2D eigenvalue weighted by atomic mass is 19.4. The van der Waals surface area contributed by atoms with Crippen LogP contribution < -0.4 is 11.1 Å². The lowest BCUT2D eigenvalue weighted by Gasteiger charge is -2.25. The number of rotatable bonds is 3. The van der Waals surface area contributed by atoms with Crippen LogP contribution in [0.2, 0.25) is 0 Å². The first-order valence-corrected chi connectivity index (χ1v) is 4.47. The lowest BCUT2D eigenvalue weighted by Crippen LogP contribution is -2.41. The minimum atomic E-state index is -4.44. The molecule has 90 valence electrons. The first kappa shape index (κ1) is 12.6. The van der Waals surface area contributed by atoms with E-state index in [1.165, 1.54) is 18.2 Å². The summed E-state index contributed by atoms with van der Waals surface area (Å²) in [5, 5.41) is 2.43. The first-order chi connectivity index (χ1) is 7.30. The molecule has 0 aliphatic carbocycles. The number of halogens is 3. The van der Waals surface area contributed by atoms with Crippen molar-refractivity contribution in [3.8, 4) is 0 Å². The summed E-state index contributed by atoms with van der Waals surface area (Å²) in [6.45, 7) is 0.887. The van der Waals surface area contributed by atoms with E-state index in [1.807, 2.05) is 0 Å². The molecule has 2 unspecified atom stereocenters. The lowest BCUT2D eigenvalue weighted by atomic mass is 10.2. The largest absolute Gasteiger partial charge is 0.414 e. The molecule has 0 saturated heterocycles. The van der Waals surface area contributed by atoms with E-state index in [9.17, 15) is 18.0 Å². The molecular formula is C9H11F3N2O2. The number of nitrogens with one attached hydrogen (secondary N) is 1. The van der Waals surface area contributed by atoms with Gasteiger partial charge in [0.05, 0.1) is 0 Å². The molecule has 0 radical (unpaired) electrons. The minimum absolute atomic E-state index is 0.0156. The molecule has 2 atom stereocenters. The zero-order valence-corrected chi connectivity index (χ0v) is 8.41. The van der Waals surface area contributed by atoms with Gasteiger partial charge in [-0.15, -0.1) is 0 Å². The number of carbonyl (C=O) groups is 1. The van der Waals surface area contributed by atoms with E-state index in [0.29, 0.717) is 0 Å². The Bertz CT molecular complexity index is 336. The Morgan fingerprint density at radius 2 is 2.25 bits per heavy atom. The van der Waals surface area contributed by atoms with Crippen molar-refractivity contribution in [2.45, 2.75) is 25.4 Å². The second-order valence-corrected chi connectivity index (χ2v) is 3.21. The number of amides is 1. The molecule has 0 aromatic heterocycles. The molecule has 4 nitrogen and oxygen atoms in total. The monoisotopic (exact) mass is 236 g/mol. The van der Waals surface area contributed by atoms with Crippen LogP contribution in [0.15, 0.2) is 23.9 Å². The third-order valence-electron chi connectivity index (χ3n) is 1.92. The van der Waals surface area contributed by atoms with Gasteiger partial charge in [0.1, 0.15) is 11.9 Å². The molecule has 0 fully saturated rings. The summed E-state index contributed by atoms with van der Waals surface area (Å²) in [5.74, 6) is -0.752. The fourth-order valence-corrected chi connectivity index (χ4v) is 1.03. The van der Waals surface area contributed by atoms with Crippen LogP contribution in [0.25, 0.3) is 0 Å². The van der Waals surface area contributed by atoms with Gasteiger partial charge in [0.25, 0.3) is 5.91 Å². The molecule has 0 saturated carbocycles. The molecule has 0 aromatic carbocycles. The smallest absolute Gasteiger partial charge is 0.364 e. The van der Waals surface area contributed by atoms with Gasteiger partial charge in [-0.25, -0.2) is 0 Å². The number of primary amides is 1. The molecule has 1 aliphatic rings. The van der Waals surface area contributed by atoms with Crippen molar-refractivity contribution in [3.05, 3.63) is 23.9 Å². The minimum Gasteiger partial charge on any atom is -0.364 e. The number of dihydropyridines is 1. The van der Waals surface area contributed by atoms with Crippen molar-refractivity contribution in [2.75, 3.05) is 0 Å². The molecule has 0 bridgehead atoms. The molecule has 7 heteroatoms. The fourth-order valence-electron chi connectivity index (χ4n) is 1.03. The Morgan fingerprint density at radius 1 is 1.62 bits per heavy atom. The maximum atomic E-state index is 12.2. The highest BCUT2D eigenvalue weighted by Crippen LogP contribution is 2.23. The molecule has 1 heterocycles. The van der Waals surface area contributed by atoms with Crippen molar-refractivity contribution >= 4 is 5.91 Å². The Morgan fingerprint density at radius 3 is 2.75 bits per heavy atom. The normalized spacial score (nSPS) is 22.2. The van der Waals surface area contributed by atoms with Crippen LogP contribution in [-0.2, 0) is 9.53 Å². The van der Waals surface area contributed by atoms with Gasteiger partial charge in [0, 0.05) is 0 Å². The van der Waals surface area contributed by atoms with Crippen molar-refractivity contribution in [2.24, 2.45) is 5.73 Å². The molecule has 1 rings (SSSR count). The van der Waals surface area contributed by atoms with Gasteiger partial charge < -0.3 is 15.8 Å². The Labute approximate surface area is 89.9 Å². The lowest BCUT2D eigenvalue weighted by molar-refractivity contribution is -0.224. The highest BCUT2D eigenvalue weighted by Gasteiger charge is 2.38. The fraction of sp³-hybridized carbons (Fsp3) is 0.444. The zero-order chi connectivity index (χ0) is 12.3. The van der Waals surface area contributed by atoms with Gasteiger partial charge in [0.15, 0.2) is 6.10 Å². The van der Waals surface area contributed by atoms with Crippen LogP contribution in [0.1, 0.15) is 6.92 Å². The van der Waals surface area contributed by atoms with Crippen LogP contribution in [0.4, 0.5) is 13.2 Å². The maximum Gasteiger partial charge on any atom is 0.414 e. The molecule has 3 N–H and O–H groups in total. The standard InChI is InChI=1S/C9H11F3N2O2/c1-5(9(10,11)12)16-7-4-2-3-6(14-7)8(13)15/h2-5,7,14H,1H3,(H2,13,15). The highest BCUT2D eigenvalue weighted by molar-refractivity contribution is 5.91. The summed E-state index contributed by atoms with van der Waals surface area (Å²) < 4.78 is 41.2. The molecular weight excluding hydrogens is 225 g/mol. The first-order valence-electron chi connectivity index (χ1n) is 4.47. The maximum absolute atomic E-state index is 12.2. The number of carbonyl (C=O) groups excluding carboxylic acids is 1. The third-order valence-corrected chi connectivity index (χ3v) is 1.92. The number of nitrogens with two attached hydrogens (primary N) is 1. The van der Waals surface area contributed by atoms with Crippen LogP contribution in [0, 0.1) is 0 Å². The molecule has 1 amide bonds. The average Bonchev–Trinajstić information content (AvgIpc) is 2.16. The summed E-state index contributed by atoms with van der Waals surface area (Å²) in [7, 11) is 0. The molecule has 0 spiro atoms. The van der Waals surface area contributed by atoms with E-state index in [1.54, 1.807) is 0 Å². The van der Waals surface area contributed by atoms with Gasteiger partial charge in [-0.3, -0.25) is 4.79 Å². The quantitative estimate of drug-likeness (QED) is 0.762. The van der Waals surface area contributed by atoms with Crippen molar-refractivity contribution < 1.29 is 22.7 Å². The van der Waals surface area contributed by atoms with Crippen LogP contribution in [0.3, 0.4) is 0 Å². The summed E-state index contributed by atoms with van der Waals surface area (Å²) in [6.07, 6.45) is -3.26. The van der Waals surface area contributed by atoms with Crippen molar-refractivity contribution in [1.29, 1.82) is 0 Å². The van der Waals surface area contributed by atoms with Crippen molar-refractivity contribution in [1.82, 2.24) is 5.32 Å². The predicted molar refractivity (Wildman–Crippen MR) is 49.9 cm³/mol. The summed E-state index contributed by atoms with van der Waals surface area (Å²) >= 11 is 0. The molecule has 16 heavy (non-hydrogen) atoms. The average molecular weight is 236 g/mol. The van der Waals surface area contributed by atoms with Crippen LogP contribution >= 0.6 is 0 Å². The van der Waals surface area contributed by atoms with Gasteiger partial charge in [-0.1, -0.05) is 6.08 Å². The van der Waals surface area contributed by atoms with Crippen LogP contribution in [-0.4, -0.2) is 24.4 Å². The Balaban J connectivity index is 2.57. The van der Waals surface area contributed by atoms with Gasteiger partial charge >= 0.3 is 6.18 Å². The van der Waals surface area contributed by atoms with Gasteiger partial charge in [0.2, 0.25) is 0 Å². The molecule has 0 aromatic rings. The van der Waals surface area contributed by atoms with E-state index in [2.05, 4.69) is 10.1 Å². The Hall–Kier alpha value is -1.50. The Kier molecular flexibility index (Phi) is 3.58. The van der Waals surface area contributed by atoms with Crippen LogP contribution in [0.5, 0.6) is 0 Å². The number of allylic oxidation sites excluding steroid dienone is 2. The number of ether oxygens (including phenoxy) is 1. The number of hydrogen-bond acceptors (Lipinski definition) is 3. The SMILES string of the molecule is CC(OC1C=CC=C(C(N)=O)N1)C(F)(F)F. The van der Waals surface area contributed by atoms with E-state index in [0.717, 1.165) is 6.92 Å². The number of hydrogen-bond donors (Lipinski definition) is 2. The van der Waals surface area contributed by atoms with E-state index >= 15 is 0 Å². The van der Waals surface area contributed by atoms with Gasteiger partial charge in [-0.05, 0) is 19.1 Å². The third kappa shape index (κ3) is 3.27. The second kappa shape index (κ2) is 4.56. The predicted octanol–water partition coefficient (Wildman–Crippen LogP) is 0.808. The van der Waals surface area contributed by atoms with Gasteiger partial charge in [-0.2, -0.15) is 13.2 Å². The van der Waals surface area contributed by atoms with E-state index in [4.69, 9.17) is 5.73 Å². The summed E-state index contributed by atoms with van der Waals surface area (Å²) in [5.41, 5.74) is 4.98.